The van der Waals surface area contributed by atoms with E-state index in [4.69, 9.17) is 21.1 Å². The minimum Gasteiger partial charge on any atom is -0.489 e. The van der Waals surface area contributed by atoms with E-state index >= 15 is 0 Å². The molecule has 3 aromatic carbocycles. The van der Waals surface area contributed by atoms with Gasteiger partial charge in [0.25, 0.3) is 5.91 Å². The third-order valence-corrected chi connectivity index (χ3v) is 4.53. The van der Waals surface area contributed by atoms with Crippen molar-refractivity contribution < 1.29 is 14.3 Å². The molecule has 5 nitrogen and oxygen atoms in total. The minimum absolute atomic E-state index is 0.129. The number of para-hydroxylation sites is 1. The van der Waals surface area contributed by atoms with E-state index in [9.17, 15) is 4.79 Å². The molecule has 31 heavy (non-hydrogen) atoms. The number of hydrogen-bond acceptors (Lipinski definition) is 4. The zero-order chi connectivity index (χ0) is 21.9. The van der Waals surface area contributed by atoms with Gasteiger partial charge in [0, 0.05) is 5.02 Å². The molecule has 0 radical (unpaired) electrons. The van der Waals surface area contributed by atoms with Crippen LogP contribution in [0.15, 0.2) is 90.6 Å². The third-order valence-electron chi connectivity index (χ3n) is 4.28. The normalized spacial score (nSPS) is 10.6. The van der Waals surface area contributed by atoms with Crippen molar-refractivity contribution in [2.24, 2.45) is 5.10 Å². The SMILES string of the molecule is C=CCc1ccccc1OCC(=O)N/N=C\c1cccc(OCc2ccc(Cl)cc2)c1. The number of hydrogen-bond donors (Lipinski definition) is 1. The first-order valence-electron chi connectivity index (χ1n) is 9.75. The molecule has 0 atom stereocenters. The maximum atomic E-state index is 12.0. The second kappa shape index (κ2) is 11.6. The number of allylic oxidation sites excluding steroid dienone is 1. The van der Waals surface area contributed by atoms with Crippen LogP contribution in [0.2, 0.25) is 5.02 Å². The molecule has 3 rings (SSSR count). The maximum Gasteiger partial charge on any atom is 0.277 e. The van der Waals surface area contributed by atoms with Gasteiger partial charge in [-0.25, -0.2) is 5.43 Å². The number of carbonyl (C=O) groups excluding carboxylic acids is 1. The van der Waals surface area contributed by atoms with Crippen LogP contribution in [0.3, 0.4) is 0 Å². The summed E-state index contributed by atoms with van der Waals surface area (Å²) in [5.41, 5.74) is 5.26. The van der Waals surface area contributed by atoms with E-state index in [-0.39, 0.29) is 12.5 Å². The first-order chi connectivity index (χ1) is 15.1. The summed E-state index contributed by atoms with van der Waals surface area (Å²) >= 11 is 5.89. The Kier molecular flexibility index (Phi) is 8.26. The standard InChI is InChI=1S/C25H23ClN2O3/c1-2-6-21-8-3-4-10-24(21)31-18-25(29)28-27-16-20-7-5-9-23(15-20)30-17-19-11-13-22(26)14-12-19/h2-5,7-16H,1,6,17-18H2,(H,28,29)/b27-16-. The molecule has 0 saturated carbocycles. The number of ether oxygens (including phenoxy) is 2. The first-order valence-corrected chi connectivity index (χ1v) is 10.1. The van der Waals surface area contributed by atoms with Gasteiger partial charge in [-0.1, -0.05) is 60.1 Å². The van der Waals surface area contributed by atoms with Gasteiger partial charge in [-0.3, -0.25) is 4.79 Å². The number of nitrogens with one attached hydrogen (secondary N) is 1. The summed E-state index contributed by atoms with van der Waals surface area (Å²) in [4.78, 5) is 12.0. The number of halogens is 1. The minimum atomic E-state index is -0.347. The zero-order valence-electron chi connectivity index (χ0n) is 17.0. The lowest BCUT2D eigenvalue weighted by Crippen LogP contribution is -2.24. The van der Waals surface area contributed by atoms with Gasteiger partial charge >= 0.3 is 0 Å². The fraction of sp³-hybridized carbons (Fsp3) is 0.120. The second-order valence-electron chi connectivity index (χ2n) is 6.67. The molecule has 0 aliphatic carbocycles. The van der Waals surface area contributed by atoms with Gasteiger partial charge in [0.05, 0.1) is 6.21 Å². The summed E-state index contributed by atoms with van der Waals surface area (Å²) in [6.07, 6.45) is 4.02. The average Bonchev–Trinajstić information content (AvgIpc) is 2.79. The molecule has 0 fully saturated rings. The third kappa shape index (κ3) is 7.32. The lowest BCUT2D eigenvalue weighted by molar-refractivity contribution is -0.123. The highest BCUT2D eigenvalue weighted by molar-refractivity contribution is 6.30. The summed E-state index contributed by atoms with van der Waals surface area (Å²) in [6, 6.07) is 22.5. The fourth-order valence-corrected chi connectivity index (χ4v) is 2.88. The van der Waals surface area contributed by atoms with Crippen LogP contribution >= 0.6 is 11.6 Å². The van der Waals surface area contributed by atoms with E-state index < -0.39 is 0 Å². The Balaban J connectivity index is 1.48. The van der Waals surface area contributed by atoms with Crippen molar-refractivity contribution in [3.63, 3.8) is 0 Å². The largest absolute Gasteiger partial charge is 0.489 e. The van der Waals surface area contributed by atoms with E-state index in [1.54, 1.807) is 12.3 Å². The van der Waals surface area contributed by atoms with Gasteiger partial charge in [-0.05, 0) is 53.4 Å². The Morgan fingerprint density at radius 2 is 1.84 bits per heavy atom. The molecule has 0 unspecified atom stereocenters. The highest BCUT2D eigenvalue weighted by Crippen LogP contribution is 2.18. The van der Waals surface area contributed by atoms with Crippen molar-refractivity contribution in [2.45, 2.75) is 13.0 Å². The molecule has 3 aromatic rings. The number of carbonyl (C=O) groups is 1. The van der Waals surface area contributed by atoms with Crippen LogP contribution in [0.1, 0.15) is 16.7 Å². The van der Waals surface area contributed by atoms with Crippen LogP contribution in [-0.2, 0) is 17.8 Å². The highest BCUT2D eigenvalue weighted by atomic mass is 35.5. The van der Waals surface area contributed by atoms with Gasteiger partial charge in [0.2, 0.25) is 0 Å². The summed E-state index contributed by atoms with van der Waals surface area (Å²) in [6.45, 7) is 4.03. The summed E-state index contributed by atoms with van der Waals surface area (Å²) in [5, 5.41) is 4.68. The second-order valence-corrected chi connectivity index (χ2v) is 7.11. The van der Waals surface area contributed by atoms with E-state index in [1.165, 1.54) is 0 Å². The lowest BCUT2D eigenvalue weighted by Gasteiger charge is -2.09. The number of rotatable bonds is 10. The Bertz CT molecular complexity index is 1050. The number of amides is 1. The monoisotopic (exact) mass is 434 g/mol. The van der Waals surface area contributed by atoms with Crippen molar-refractivity contribution in [1.29, 1.82) is 0 Å². The van der Waals surface area contributed by atoms with E-state index in [0.717, 1.165) is 16.7 Å². The molecule has 0 bridgehead atoms. The van der Waals surface area contributed by atoms with Crippen LogP contribution in [0.25, 0.3) is 0 Å². The van der Waals surface area contributed by atoms with Crippen LogP contribution in [0, 0.1) is 0 Å². The molecule has 0 spiro atoms. The van der Waals surface area contributed by atoms with Gasteiger partial charge < -0.3 is 9.47 Å². The highest BCUT2D eigenvalue weighted by Gasteiger charge is 2.05. The molecule has 158 valence electrons. The maximum absolute atomic E-state index is 12.0. The van der Waals surface area contributed by atoms with Crippen molar-refractivity contribution in [1.82, 2.24) is 5.43 Å². The lowest BCUT2D eigenvalue weighted by atomic mass is 10.1. The van der Waals surface area contributed by atoms with Crippen LogP contribution in [0.5, 0.6) is 11.5 Å². The van der Waals surface area contributed by atoms with Crippen LogP contribution < -0.4 is 14.9 Å². The fourth-order valence-electron chi connectivity index (χ4n) is 2.76. The molecular weight excluding hydrogens is 412 g/mol. The van der Waals surface area contributed by atoms with E-state index in [2.05, 4.69) is 17.1 Å². The quantitative estimate of drug-likeness (QED) is 0.272. The molecule has 0 saturated heterocycles. The predicted molar refractivity (Wildman–Crippen MR) is 124 cm³/mol. The topological polar surface area (TPSA) is 59.9 Å². The molecular formula is C25H23ClN2O3. The average molecular weight is 435 g/mol. The molecule has 1 amide bonds. The van der Waals surface area contributed by atoms with Crippen molar-refractivity contribution in [2.75, 3.05) is 6.61 Å². The predicted octanol–water partition coefficient (Wildman–Crippen LogP) is 5.18. The van der Waals surface area contributed by atoms with Crippen LogP contribution in [-0.4, -0.2) is 18.7 Å². The number of nitrogens with zero attached hydrogens (tertiary/aromatic N) is 1. The number of hydrazone groups is 1. The molecule has 0 heterocycles. The Hall–Kier alpha value is -3.57. The molecule has 6 heteroatoms. The van der Waals surface area contributed by atoms with Gasteiger partial charge in [0.1, 0.15) is 18.1 Å². The van der Waals surface area contributed by atoms with Crippen molar-refractivity contribution in [3.8, 4) is 11.5 Å². The molecule has 0 aromatic heterocycles. The van der Waals surface area contributed by atoms with Gasteiger partial charge in [-0.2, -0.15) is 5.10 Å². The van der Waals surface area contributed by atoms with Crippen LogP contribution in [0.4, 0.5) is 0 Å². The number of benzene rings is 3. The van der Waals surface area contributed by atoms with E-state index in [0.29, 0.717) is 29.5 Å². The van der Waals surface area contributed by atoms with Gasteiger partial charge in [-0.15, -0.1) is 6.58 Å². The molecule has 0 aliphatic heterocycles. The Morgan fingerprint density at radius 3 is 2.65 bits per heavy atom. The summed E-state index contributed by atoms with van der Waals surface area (Å²) < 4.78 is 11.4. The molecule has 0 aliphatic rings. The molecule has 1 N–H and O–H groups in total. The van der Waals surface area contributed by atoms with Crippen molar-refractivity contribution >= 4 is 23.7 Å². The van der Waals surface area contributed by atoms with Crippen molar-refractivity contribution in [3.05, 3.63) is 107 Å². The first kappa shape index (κ1) is 22.1. The smallest absolute Gasteiger partial charge is 0.277 e. The Labute approximate surface area is 187 Å². The zero-order valence-corrected chi connectivity index (χ0v) is 17.7. The summed E-state index contributed by atoms with van der Waals surface area (Å²) in [5.74, 6) is 1.01. The summed E-state index contributed by atoms with van der Waals surface area (Å²) in [7, 11) is 0. The van der Waals surface area contributed by atoms with E-state index in [1.807, 2.05) is 72.8 Å². The Morgan fingerprint density at radius 1 is 1.03 bits per heavy atom. The van der Waals surface area contributed by atoms with Gasteiger partial charge in [0.15, 0.2) is 6.61 Å².